The van der Waals surface area contributed by atoms with Crippen LogP contribution in [0.2, 0.25) is 0 Å². The molecular formula is C18H24N4O3. The van der Waals surface area contributed by atoms with Crippen LogP contribution in [0.5, 0.6) is 5.75 Å². The van der Waals surface area contributed by atoms with Gasteiger partial charge in [-0.2, -0.15) is 5.10 Å². The van der Waals surface area contributed by atoms with Crippen molar-refractivity contribution >= 4 is 5.91 Å². The first-order chi connectivity index (χ1) is 12.0. The summed E-state index contributed by atoms with van der Waals surface area (Å²) in [6.45, 7) is 4.86. The maximum absolute atomic E-state index is 12.9. The van der Waals surface area contributed by atoms with E-state index in [1.165, 1.54) is 13.2 Å². The van der Waals surface area contributed by atoms with Gasteiger partial charge in [0.25, 0.3) is 11.5 Å². The van der Waals surface area contributed by atoms with E-state index in [0.29, 0.717) is 30.8 Å². The van der Waals surface area contributed by atoms with Crippen molar-refractivity contribution in [3.05, 3.63) is 44.6 Å². The first kappa shape index (κ1) is 17.3. The molecule has 7 nitrogen and oxygen atoms in total. The van der Waals surface area contributed by atoms with Crippen LogP contribution in [-0.2, 0) is 19.5 Å². The standard InChI is InChI=1S/C18H24N4O3/c1-11-13(12(2)21-20-11)10-19-18(24)17-14-7-5-4-6-8-22(14)16(23)9-15(17)25-3/h9H,4-8,10H2,1-3H3,(H,19,24)(H,20,21). The number of aryl methyl sites for hydroxylation is 2. The Labute approximate surface area is 146 Å². The molecule has 1 aliphatic rings. The van der Waals surface area contributed by atoms with Crippen LogP contribution < -0.4 is 15.6 Å². The number of fused-ring (bicyclic) bond motifs is 1. The fourth-order valence-corrected chi connectivity index (χ4v) is 3.41. The Balaban J connectivity index is 1.95. The minimum absolute atomic E-state index is 0.105. The quantitative estimate of drug-likeness (QED) is 0.886. The summed E-state index contributed by atoms with van der Waals surface area (Å²) < 4.78 is 7.07. The Bertz CT molecular complexity index is 831. The molecule has 0 aromatic carbocycles. The Morgan fingerprint density at radius 1 is 1.36 bits per heavy atom. The second-order valence-electron chi connectivity index (χ2n) is 6.43. The lowest BCUT2D eigenvalue weighted by Crippen LogP contribution is -2.30. The Morgan fingerprint density at radius 3 is 2.84 bits per heavy atom. The predicted molar refractivity (Wildman–Crippen MR) is 94.0 cm³/mol. The molecule has 1 amide bonds. The van der Waals surface area contributed by atoms with Crippen LogP contribution in [0.1, 0.15) is 52.3 Å². The van der Waals surface area contributed by atoms with E-state index in [0.717, 1.165) is 41.9 Å². The molecule has 0 radical (unpaired) electrons. The van der Waals surface area contributed by atoms with E-state index in [9.17, 15) is 9.59 Å². The number of aromatic nitrogens is 3. The number of hydrogen-bond donors (Lipinski definition) is 2. The monoisotopic (exact) mass is 344 g/mol. The highest BCUT2D eigenvalue weighted by Crippen LogP contribution is 2.24. The maximum atomic E-state index is 12.9. The molecule has 3 heterocycles. The number of aromatic amines is 1. The number of ether oxygens (including phenoxy) is 1. The van der Waals surface area contributed by atoms with E-state index >= 15 is 0 Å². The molecule has 25 heavy (non-hydrogen) atoms. The van der Waals surface area contributed by atoms with Crippen LogP contribution in [-0.4, -0.2) is 27.8 Å². The Hall–Kier alpha value is -2.57. The highest BCUT2D eigenvalue weighted by atomic mass is 16.5. The van der Waals surface area contributed by atoms with Crippen molar-refractivity contribution in [2.45, 2.75) is 52.6 Å². The topological polar surface area (TPSA) is 89.0 Å². The number of methoxy groups -OCH3 is 1. The molecule has 0 aliphatic carbocycles. The molecule has 2 aromatic rings. The van der Waals surface area contributed by atoms with Crippen molar-refractivity contribution in [2.24, 2.45) is 0 Å². The summed E-state index contributed by atoms with van der Waals surface area (Å²) in [5.41, 5.74) is 3.93. The van der Waals surface area contributed by atoms with Gasteiger partial charge in [-0.05, 0) is 33.1 Å². The molecule has 0 spiro atoms. The lowest BCUT2D eigenvalue weighted by atomic mass is 10.1. The number of carbonyl (C=O) groups excluding carboxylic acids is 1. The summed E-state index contributed by atoms with van der Waals surface area (Å²) in [7, 11) is 1.49. The summed E-state index contributed by atoms with van der Waals surface area (Å²) in [6.07, 6.45) is 3.68. The van der Waals surface area contributed by atoms with Crippen molar-refractivity contribution in [3.63, 3.8) is 0 Å². The summed E-state index contributed by atoms with van der Waals surface area (Å²) in [6, 6.07) is 1.41. The zero-order chi connectivity index (χ0) is 18.0. The highest BCUT2D eigenvalue weighted by Gasteiger charge is 2.23. The molecule has 0 atom stereocenters. The minimum atomic E-state index is -0.220. The predicted octanol–water partition coefficient (Wildman–Crippen LogP) is 1.85. The molecule has 0 fully saturated rings. The third kappa shape index (κ3) is 3.31. The van der Waals surface area contributed by atoms with Crippen molar-refractivity contribution in [1.82, 2.24) is 20.1 Å². The summed E-state index contributed by atoms with van der Waals surface area (Å²) in [5.74, 6) is 0.124. The SMILES string of the molecule is COc1cc(=O)n2c(c1C(=O)NCc1c(C)n[nH]c1C)CCCCC2. The first-order valence-corrected chi connectivity index (χ1v) is 8.62. The third-order valence-electron chi connectivity index (χ3n) is 4.83. The Morgan fingerprint density at radius 2 is 2.16 bits per heavy atom. The van der Waals surface area contributed by atoms with E-state index < -0.39 is 0 Å². The number of H-pyrrole nitrogens is 1. The number of carbonyl (C=O) groups is 1. The van der Waals surface area contributed by atoms with Crippen LogP contribution in [0.25, 0.3) is 0 Å². The summed E-state index contributed by atoms with van der Waals surface area (Å²) in [5, 5.41) is 10.0. The normalized spacial score (nSPS) is 13.9. The van der Waals surface area contributed by atoms with Crippen molar-refractivity contribution in [1.29, 1.82) is 0 Å². The summed E-state index contributed by atoms with van der Waals surface area (Å²) >= 11 is 0. The zero-order valence-electron chi connectivity index (χ0n) is 14.9. The fourth-order valence-electron chi connectivity index (χ4n) is 3.41. The molecule has 3 rings (SSSR count). The van der Waals surface area contributed by atoms with Crippen molar-refractivity contribution in [3.8, 4) is 5.75 Å². The average molecular weight is 344 g/mol. The lowest BCUT2D eigenvalue weighted by molar-refractivity contribution is 0.0945. The molecule has 0 saturated carbocycles. The molecule has 0 bridgehead atoms. The van der Waals surface area contributed by atoms with Gasteiger partial charge in [-0.15, -0.1) is 0 Å². The molecule has 134 valence electrons. The van der Waals surface area contributed by atoms with Gasteiger partial charge in [-0.25, -0.2) is 0 Å². The molecule has 7 heteroatoms. The van der Waals surface area contributed by atoms with Gasteiger partial charge >= 0.3 is 0 Å². The largest absolute Gasteiger partial charge is 0.496 e. The number of amides is 1. The second kappa shape index (κ2) is 7.13. The first-order valence-electron chi connectivity index (χ1n) is 8.62. The van der Waals surface area contributed by atoms with E-state index in [1.54, 1.807) is 4.57 Å². The van der Waals surface area contributed by atoms with Gasteiger partial charge in [-0.3, -0.25) is 14.7 Å². The molecule has 0 unspecified atom stereocenters. The Kier molecular flexibility index (Phi) is 4.92. The van der Waals surface area contributed by atoms with Crippen LogP contribution in [0, 0.1) is 13.8 Å². The number of nitrogens with one attached hydrogen (secondary N) is 2. The van der Waals surface area contributed by atoms with E-state index in [2.05, 4.69) is 15.5 Å². The van der Waals surface area contributed by atoms with Gasteiger partial charge < -0.3 is 14.6 Å². The summed E-state index contributed by atoms with van der Waals surface area (Å²) in [4.78, 5) is 25.2. The van der Waals surface area contributed by atoms with Crippen LogP contribution in [0.15, 0.2) is 10.9 Å². The zero-order valence-corrected chi connectivity index (χ0v) is 14.9. The van der Waals surface area contributed by atoms with Crippen LogP contribution >= 0.6 is 0 Å². The molecule has 2 aromatic heterocycles. The number of pyridine rings is 1. The van der Waals surface area contributed by atoms with Gasteiger partial charge in [0.1, 0.15) is 11.3 Å². The second-order valence-corrected chi connectivity index (χ2v) is 6.43. The third-order valence-corrected chi connectivity index (χ3v) is 4.83. The van der Waals surface area contributed by atoms with Gasteiger partial charge in [0.2, 0.25) is 0 Å². The molecule has 0 saturated heterocycles. The number of hydrogen-bond acceptors (Lipinski definition) is 4. The fraction of sp³-hybridized carbons (Fsp3) is 0.500. The van der Waals surface area contributed by atoms with Gasteiger partial charge in [0, 0.05) is 36.1 Å². The molecular weight excluding hydrogens is 320 g/mol. The number of nitrogens with zero attached hydrogens (tertiary/aromatic N) is 2. The molecule has 2 N–H and O–H groups in total. The molecule has 1 aliphatic heterocycles. The van der Waals surface area contributed by atoms with Crippen LogP contribution in [0.4, 0.5) is 0 Å². The van der Waals surface area contributed by atoms with Gasteiger partial charge in [0.05, 0.1) is 12.8 Å². The van der Waals surface area contributed by atoms with Crippen molar-refractivity contribution in [2.75, 3.05) is 7.11 Å². The van der Waals surface area contributed by atoms with E-state index in [-0.39, 0.29) is 11.5 Å². The van der Waals surface area contributed by atoms with E-state index in [1.807, 2.05) is 13.8 Å². The minimum Gasteiger partial charge on any atom is -0.496 e. The smallest absolute Gasteiger partial charge is 0.257 e. The lowest BCUT2D eigenvalue weighted by Gasteiger charge is -2.17. The van der Waals surface area contributed by atoms with Crippen LogP contribution in [0.3, 0.4) is 0 Å². The van der Waals surface area contributed by atoms with Gasteiger partial charge in [-0.1, -0.05) is 6.42 Å². The van der Waals surface area contributed by atoms with Crippen molar-refractivity contribution < 1.29 is 9.53 Å². The van der Waals surface area contributed by atoms with Gasteiger partial charge in [0.15, 0.2) is 0 Å². The van der Waals surface area contributed by atoms with E-state index in [4.69, 9.17) is 4.74 Å². The maximum Gasteiger partial charge on any atom is 0.257 e. The number of rotatable bonds is 4. The average Bonchev–Trinajstić information content (AvgIpc) is 2.79. The highest BCUT2D eigenvalue weighted by molar-refractivity contribution is 5.98.